The Morgan fingerprint density at radius 2 is 2.00 bits per heavy atom. The van der Waals surface area contributed by atoms with E-state index in [1.54, 1.807) is 7.11 Å². The van der Waals surface area contributed by atoms with Crippen molar-refractivity contribution in [1.29, 1.82) is 0 Å². The Hall–Kier alpha value is -1.91. The molecule has 5 nitrogen and oxygen atoms in total. The third kappa shape index (κ3) is 1.27. The van der Waals surface area contributed by atoms with Crippen molar-refractivity contribution in [3.63, 3.8) is 0 Å². The van der Waals surface area contributed by atoms with E-state index in [0.29, 0.717) is 19.2 Å². The SMILES string of the molecule is COc1nc2cc3c(cc2[nH]1)OCCO3. The summed E-state index contributed by atoms with van der Waals surface area (Å²) in [7, 11) is 1.57. The fraction of sp³-hybridized carbons (Fsp3) is 0.300. The molecule has 0 fully saturated rings. The zero-order valence-corrected chi connectivity index (χ0v) is 8.24. The van der Waals surface area contributed by atoms with E-state index in [-0.39, 0.29) is 0 Å². The van der Waals surface area contributed by atoms with Gasteiger partial charge in [0.05, 0.1) is 18.1 Å². The largest absolute Gasteiger partial charge is 0.486 e. The molecule has 1 aromatic heterocycles. The summed E-state index contributed by atoms with van der Waals surface area (Å²) in [6, 6.07) is 4.22. The molecule has 0 radical (unpaired) electrons. The normalized spacial score (nSPS) is 14.2. The average molecular weight is 206 g/mol. The maximum atomic E-state index is 5.46. The third-order valence-electron chi connectivity index (χ3n) is 2.32. The first-order valence-electron chi connectivity index (χ1n) is 4.70. The summed E-state index contributed by atoms with van der Waals surface area (Å²) in [6.07, 6.45) is 0. The lowest BCUT2D eigenvalue weighted by Crippen LogP contribution is -2.15. The van der Waals surface area contributed by atoms with Crippen LogP contribution in [0.25, 0.3) is 11.0 Å². The number of hydrogen-bond donors (Lipinski definition) is 1. The lowest BCUT2D eigenvalue weighted by molar-refractivity contribution is 0.172. The highest BCUT2D eigenvalue weighted by Gasteiger charge is 2.14. The van der Waals surface area contributed by atoms with Crippen LogP contribution in [0.4, 0.5) is 0 Å². The molecule has 1 aliphatic rings. The van der Waals surface area contributed by atoms with Crippen LogP contribution in [0.3, 0.4) is 0 Å². The van der Waals surface area contributed by atoms with E-state index in [4.69, 9.17) is 14.2 Å². The van der Waals surface area contributed by atoms with Crippen LogP contribution in [0, 0.1) is 0 Å². The van der Waals surface area contributed by atoms with Gasteiger partial charge in [-0.2, -0.15) is 4.98 Å². The minimum absolute atomic E-state index is 0.493. The van der Waals surface area contributed by atoms with Crippen molar-refractivity contribution in [2.75, 3.05) is 20.3 Å². The molecule has 5 heteroatoms. The number of nitrogens with zero attached hydrogens (tertiary/aromatic N) is 1. The van der Waals surface area contributed by atoms with Crippen molar-refractivity contribution in [1.82, 2.24) is 9.97 Å². The van der Waals surface area contributed by atoms with Gasteiger partial charge in [-0.3, -0.25) is 0 Å². The Morgan fingerprint density at radius 1 is 1.27 bits per heavy atom. The Balaban J connectivity index is 2.19. The first-order valence-corrected chi connectivity index (χ1v) is 4.70. The fourth-order valence-corrected chi connectivity index (χ4v) is 1.62. The number of methoxy groups -OCH3 is 1. The monoisotopic (exact) mass is 206 g/mol. The minimum atomic E-state index is 0.493. The molecule has 3 rings (SSSR count). The van der Waals surface area contributed by atoms with Crippen molar-refractivity contribution >= 4 is 11.0 Å². The van der Waals surface area contributed by atoms with Gasteiger partial charge in [0.1, 0.15) is 13.2 Å². The molecule has 0 bridgehead atoms. The number of aromatic nitrogens is 2. The lowest BCUT2D eigenvalue weighted by atomic mass is 10.2. The molecule has 0 unspecified atom stereocenters. The number of fused-ring (bicyclic) bond motifs is 2. The second-order valence-corrected chi connectivity index (χ2v) is 3.26. The molecule has 0 saturated carbocycles. The van der Waals surface area contributed by atoms with Crippen LogP contribution in [0.15, 0.2) is 12.1 Å². The number of hydrogen-bond acceptors (Lipinski definition) is 4. The molecule has 1 aliphatic heterocycles. The second kappa shape index (κ2) is 3.05. The number of H-pyrrole nitrogens is 1. The quantitative estimate of drug-likeness (QED) is 0.765. The van der Waals surface area contributed by atoms with Crippen molar-refractivity contribution in [2.24, 2.45) is 0 Å². The van der Waals surface area contributed by atoms with Gasteiger partial charge in [-0.1, -0.05) is 0 Å². The number of rotatable bonds is 1. The van der Waals surface area contributed by atoms with E-state index in [0.717, 1.165) is 22.5 Å². The fourth-order valence-electron chi connectivity index (χ4n) is 1.62. The topological polar surface area (TPSA) is 56.4 Å². The summed E-state index contributed by atoms with van der Waals surface area (Å²) in [5.41, 5.74) is 1.70. The molecule has 0 atom stereocenters. The van der Waals surface area contributed by atoms with Gasteiger partial charge >= 0.3 is 0 Å². The van der Waals surface area contributed by atoms with Gasteiger partial charge in [-0.25, -0.2) is 0 Å². The molecule has 0 aliphatic carbocycles. The highest BCUT2D eigenvalue weighted by atomic mass is 16.6. The van der Waals surface area contributed by atoms with E-state index in [1.165, 1.54) is 0 Å². The predicted octanol–water partition coefficient (Wildman–Crippen LogP) is 1.34. The number of benzene rings is 1. The smallest absolute Gasteiger partial charge is 0.294 e. The van der Waals surface area contributed by atoms with Crippen LogP contribution in [-0.2, 0) is 0 Å². The van der Waals surface area contributed by atoms with Gasteiger partial charge < -0.3 is 19.2 Å². The number of nitrogens with one attached hydrogen (secondary N) is 1. The first kappa shape index (κ1) is 8.40. The van der Waals surface area contributed by atoms with E-state index in [1.807, 2.05) is 12.1 Å². The Labute approximate surface area is 86.0 Å². The summed E-state index contributed by atoms with van der Waals surface area (Å²) in [6.45, 7) is 1.17. The summed E-state index contributed by atoms with van der Waals surface area (Å²) in [5.74, 6) is 1.49. The van der Waals surface area contributed by atoms with E-state index >= 15 is 0 Å². The maximum absolute atomic E-state index is 5.46. The molecular weight excluding hydrogens is 196 g/mol. The Kier molecular flexibility index (Phi) is 1.71. The molecule has 2 aromatic rings. The zero-order chi connectivity index (χ0) is 10.3. The van der Waals surface area contributed by atoms with Gasteiger partial charge in [0.2, 0.25) is 0 Å². The number of aromatic amines is 1. The molecule has 15 heavy (non-hydrogen) atoms. The molecule has 78 valence electrons. The molecule has 1 N–H and O–H groups in total. The summed E-state index contributed by atoms with van der Waals surface area (Å²) >= 11 is 0. The lowest BCUT2D eigenvalue weighted by Gasteiger charge is -2.17. The Bertz CT molecular complexity index is 464. The summed E-state index contributed by atoms with van der Waals surface area (Å²) in [4.78, 5) is 7.25. The molecule has 0 amide bonds. The van der Waals surface area contributed by atoms with Gasteiger partial charge in [0.15, 0.2) is 11.5 Å². The van der Waals surface area contributed by atoms with Crippen LogP contribution >= 0.6 is 0 Å². The van der Waals surface area contributed by atoms with Gasteiger partial charge in [-0.05, 0) is 0 Å². The van der Waals surface area contributed by atoms with Crippen LogP contribution in [0.1, 0.15) is 0 Å². The van der Waals surface area contributed by atoms with E-state index < -0.39 is 0 Å². The van der Waals surface area contributed by atoms with Crippen LogP contribution in [0.2, 0.25) is 0 Å². The Morgan fingerprint density at radius 3 is 2.73 bits per heavy atom. The summed E-state index contributed by atoms with van der Waals surface area (Å²) < 4.78 is 15.9. The first-order chi connectivity index (χ1) is 7.36. The number of ether oxygens (including phenoxy) is 3. The average Bonchev–Trinajstić information content (AvgIpc) is 2.67. The third-order valence-corrected chi connectivity index (χ3v) is 2.32. The number of imidazole rings is 1. The molecule has 1 aromatic carbocycles. The highest BCUT2D eigenvalue weighted by molar-refractivity contribution is 5.80. The molecule has 0 spiro atoms. The van der Waals surface area contributed by atoms with Crippen molar-refractivity contribution < 1.29 is 14.2 Å². The zero-order valence-electron chi connectivity index (χ0n) is 8.24. The molecular formula is C10H10N2O3. The van der Waals surface area contributed by atoms with Crippen molar-refractivity contribution in [3.05, 3.63) is 12.1 Å². The minimum Gasteiger partial charge on any atom is -0.486 e. The van der Waals surface area contributed by atoms with Gasteiger partial charge in [-0.15, -0.1) is 0 Å². The molecule has 2 heterocycles. The second-order valence-electron chi connectivity index (χ2n) is 3.26. The summed E-state index contributed by atoms with van der Waals surface area (Å²) in [5, 5.41) is 0. The van der Waals surface area contributed by atoms with Crippen LogP contribution in [0.5, 0.6) is 17.5 Å². The maximum Gasteiger partial charge on any atom is 0.294 e. The predicted molar refractivity (Wildman–Crippen MR) is 53.6 cm³/mol. The van der Waals surface area contributed by atoms with Crippen LogP contribution < -0.4 is 14.2 Å². The highest BCUT2D eigenvalue weighted by Crippen LogP contribution is 2.34. The van der Waals surface area contributed by atoms with Gasteiger partial charge in [0, 0.05) is 12.1 Å². The van der Waals surface area contributed by atoms with Crippen LogP contribution in [-0.4, -0.2) is 30.3 Å². The van der Waals surface area contributed by atoms with E-state index in [2.05, 4.69) is 9.97 Å². The molecule has 0 saturated heterocycles. The van der Waals surface area contributed by atoms with Crippen molar-refractivity contribution in [3.8, 4) is 17.5 Å². The van der Waals surface area contributed by atoms with Crippen molar-refractivity contribution in [2.45, 2.75) is 0 Å². The van der Waals surface area contributed by atoms with Gasteiger partial charge in [0.25, 0.3) is 6.01 Å². The van der Waals surface area contributed by atoms with E-state index in [9.17, 15) is 0 Å². The standard InChI is InChI=1S/C10H10N2O3/c1-13-10-11-6-4-8-9(5-7(6)12-10)15-3-2-14-8/h4-5H,2-3H2,1H3,(H,11,12).